The van der Waals surface area contributed by atoms with Gasteiger partial charge in [0.05, 0.1) is 5.75 Å². The third kappa shape index (κ3) is 6.59. The van der Waals surface area contributed by atoms with Crippen LogP contribution in [0, 0.1) is 0 Å². The molecule has 6 nitrogen and oxygen atoms in total. The van der Waals surface area contributed by atoms with Gasteiger partial charge in [-0.15, -0.1) is 10.2 Å². The predicted octanol–water partition coefficient (Wildman–Crippen LogP) is 4.53. The van der Waals surface area contributed by atoms with Crippen LogP contribution in [0.5, 0.6) is 5.75 Å². The number of nitrogens with zero attached hydrogens (tertiary/aromatic N) is 3. The van der Waals surface area contributed by atoms with Gasteiger partial charge in [-0.2, -0.15) is 0 Å². The lowest BCUT2D eigenvalue weighted by molar-refractivity contribution is -0.118. The maximum Gasteiger partial charge on any atom is 0.230 e. The van der Waals surface area contributed by atoms with E-state index in [9.17, 15) is 4.79 Å². The van der Waals surface area contributed by atoms with Crippen molar-refractivity contribution in [3.63, 3.8) is 0 Å². The van der Waals surface area contributed by atoms with Crippen LogP contribution in [-0.4, -0.2) is 33.0 Å². The Balaban J connectivity index is 1.48. The molecule has 164 valence electrons. The molecule has 2 aromatic carbocycles. The third-order valence-corrected chi connectivity index (χ3v) is 6.02. The molecule has 0 saturated carbocycles. The number of thioether (sulfide) groups is 1. The van der Waals surface area contributed by atoms with Crippen molar-refractivity contribution >= 4 is 17.7 Å². The second kappa shape index (κ2) is 11.0. The molecule has 1 amide bonds. The molecule has 0 aliphatic carbocycles. The van der Waals surface area contributed by atoms with E-state index in [0.717, 1.165) is 18.0 Å². The number of aromatic nitrogens is 3. The van der Waals surface area contributed by atoms with Gasteiger partial charge < -0.3 is 14.6 Å². The Kier molecular flexibility index (Phi) is 8.12. The van der Waals surface area contributed by atoms with Crippen molar-refractivity contribution in [2.75, 3.05) is 12.3 Å². The minimum Gasteiger partial charge on any atom is -0.483 e. The van der Waals surface area contributed by atoms with Crippen LogP contribution in [0.15, 0.2) is 59.8 Å². The largest absolute Gasteiger partial charge is 0.483 e. The fourth-order valence-electron chi connectivity index (χ4n) is 3.17. The molecule has 1 aromatic heterocycles. The van der Waals surface area contributed by atoms with Crippen molar-refractivity contribution in [2.24, 2.45) is 7.05 Å². The van der Waals surface area contributed by atoms with Gasteiger partial charge in [0.1, 0.15) is 5.75 Å². The van der Waals surface area contributed by atoms with E-state index >= 15 is 0 Å². The molecule has 0 aliphatic heterocycles. The van der Waals surface area contributed by atoms with Crippen LogP contribution in [0.3, 0.4) is 0 Å². The SMILES string of the molecule is CC(C)c1ccc(OC(C)c2nnc(SCC(=O)NCCc3ccccc3)n2C)cc1. The second-order valence-corrected chi connectivity index (χ2v) is 8.70. The molecule has 1 atom stereocenters. The van der Waals surface area contributed by atoms with Crippen molar-refractivity contribution in [1.82, 2.24) is 20.1 Å². The topological polar surface area (TPSA) is 69.0 Å². The Morgan fingerprint density at radius 3 is 2.45 bits per heavy atom. The molecule has 3 rings (SSSR count). The van der Waals surface area contributed by atoms with Crippen LogP contribution in [0.2, 0.25) is 0 Å². The fourth-order valence-corrected chi connectivity index (χ4v) is 3.91. The molecule has 7 heteroatoms. The van der Waals surface area contributed by atoms with E-state index in [0.29, 0.717) is 23.4 Å². The van der Waals surface area contributed by atoms with Gasteiger partial charge in [-0.1, -0.05) is 68.1 Å². The van der Waals surface area contributed by atoms with Gasteiger partial charge >= 0.3 is 0 Å². The highest BCUT2D eigenvalue weighted by Gasteiger charge is 2.18. The van der Waals surface area contributed by atoms with E-state index in [1.807, 2.05) is 48.9 Å². The molecule has 0 aliphatic rings. The first-order valence-corrected chi connectivity index (χ1v) is 11.5. The maximum atomic E-state index is 12.2. The highest BCUT2D eigenvalue weighted by atomic mass is 32.2. The van der Waals surface area contributed by atoms with E-state index in [2.05, 4.69) is 53.6 Å². The first kappa shape index (κ1) is 22.9. The summed E-state index contributed by atoms with van der Waals surface area (Å²) in [5.41, 5.74) is 2.49. The zero-order chi connectivity index (χ0) is 22.2. The van der Waals surface area contributed by atoms with Gasteiger partial charge in [0, 0.05) is 13.6 Å². The van der Waals surface area contributed by atoms with Gasteiger partial charge in [-0.3, -0.25) is 4.79 Å². The van der Waals surface area contributed by atoms with Crippen LogP contribution >= 0.6 is 11.8 Å². The van der Waals surface area contributed by atoms with Gasteiger partial charge in [-0.25, -0.2) is 0 Å². The summed E-state index contributed by atoms with van der Waals surface area (Å²) in [7, 11) is 1.90. The number of hydrogen-bond donors (Lipinski definition) is 1. The Bertz CT molecular complexity index is 971. The summed E-state index contributed by atoms with van der Waals surface area (Å²) in [5, 5.41) is 12.2. The van der Waals surface area contributed by atoms with E-state index in [4.69, 9.17) is 4.74 Å². The molecule has 3 aromatic rings. The molecular formula is C24H30N4O2S. The van der Waals surface area contributed by atoms with Crippen LogP contribution in [0.4, 0.5) is 0 Å². The molecule has 0 bridgehead atoms. The summed E-state index contributed by atoms with van der Waals surface area (Å²) >= 11 is 1.37. The lowest BCUT2D eigenvalue weighted by atomic mass is 10.0. The van der Waals surface area contributed by atoms with Gasteiger partial charge in [-0.05, 0) is 42.5 Å². The molecule has 1 heterocycles. The highest BCUT2D eigenvalue weighted by molar-refractivity contribution is 7.99. The van der Waals surface area contributed by atoms with Crippen molar-refractivity contribution < 1.29 is 9.53 Å². The standard InChI is InChI=1S/C24H30N4O2S/c1-17(2)20-10-12-21(13-11-20)30-18(3)23-26-27-24(28(23)4)31-16-22(29)25-15-14-19-8-6-5-7-9-19/h5-13,17-18H,14-16H2,1-4H3,(H,25,29). The van der Waals surface area contributed by atoms with Gasteiger partial charge in [0.25, 0.3) is 0 Å². The normalized spacial score (nSPS) is 12.0. The van der Waals surface area contributed by atoms with Crippen LogP contribution < -0.4 is 10.1 Å². The molecule has 1 unspecified atom stereocenters. The number of amides is 1. The Morgan fingerprint density at radius 1 is 1.06 bits per heavy atom. The molecule has 0 spiro atoms. The van der Waals surface area contributed by atoms with E-state index < -0.39 is 0 Å². The molecule has 0 fully saturated rings. The third-order valence-electron chi connectivity index (χ3n) is 5.00. The van der Waals surface area contributed by atoms with E-state index in [1.165, 1.54) is 22.9 Å². The summed E-state index contributed by atoms with van der Waals surface area (Å²) in [6, 6.07) is 18.3. The average molecular weight is 439 g/mol. The zero-order valence-corrected chi connectivity index (χ0v) is 19.4. The minimum atomic E-state index is -0.253. The summed E-state index contributed by atoms with van der Waals surface area (Å²) in [6.45, 7) is 6.90. The first-order chi connectivity index (χ1) is 14.9. The molecule has 0 saturated heterocycles. The Labute approximate surface area is 188 Å². The Hall–Kier alpha value is -2.80. The van der Waals surface area contributed by atoms with Crippen molar-refractivity contribution in [2.45, 2.75) is 44.4 Å². The summed E-state index contributed by atoms with van der Waals surface area (Å²) < 4.78 is 7.92. The Morgan fingerprint density at radius 2 is 1.77 bits per heavy atom. The van der Waals surface area contributed by atoms with Gasteiger partial charge in [0.2, 0.25) is 5.91 Å². The van der Waals surface area contributed by atoms with E-state index in [1.54, 1.807) is 0 Å². The molecule has 0 radical (unpaired) electrons. The fraction of sp³-hybridized carbons (Fsp3) is 0.375. The van der Waals surface area contributed by atoms with Crippen LogP contribution in [0.1, 0.15) is 49.7 Å². The highest BCUT2D eigenvalue weighted by Crippen LogP contribution is 2.25. The maximum absolute atomic E-state index is 12.2. The number of carbonyl (C=O) groups is 1. The first-order valence-electron chi connectivity index (χ1n) is 10.5. The number of nitrogens with one attached hydrogen (secondary N) is 1. The minimum absolute atomic E-state index is 0.0139. The van der Waals surface area contributed by atoms with Crippen molar-refractivity contribution in [3.05, 3.63) is 71.5 Å². The van der Waals surface area contributed by atoms with Crippen molar-refractivity contribution in [3.8, 4) is 5.75 Å². The zero-order valence-electron chi connectivity index (χ0n) is 18.5. The lowest BCUT2D eigenvalue weighted by Crippen LogP contribution is -2.27. The van der Waals surface area contributed by atoms with Crippen LogP contribution in [0.25, 0.3) is 0 Å². The number of ether oxygens (including phenoxy) is 1. The molecule has 31 heavy (non-hydrogen) atoms. The smallest absolute Gasteiger partial charge is 0.230 e. The van der Waals surface area contributed by atoms with Gasteiger partial charge in [0.15, 0.2) is 17.1 Å². The number of benzene rings is 2. The molecular weight excluding hydrogens is 408 g/mol. The van der Waals surface area contributed by atoms with Crippen LogP contribution in [-0.2, 0) is 18.3 Å². The molecule has 1 N–H and O–H groups in total. The number of rotatable bonds is 10. The number of hydrogen-bond acceptors (Lipinski definition) is 5. The summed E-state index contributed by atoms with van der Waals surface area (Å²) in [6.07, 6.45) is 0.565. The average Bonchev–Trinajstić information content (AvgIpc) is 3.14. The second-order valence-electron chi connectivity index (χ2n) is 7.76. The predicted molar refractivity (Wildman–Crippen MR) is 124 cm³/mol. The number of carbonyl (C=O) groups excluding carboxylic acids is 1. The summed E-state index contributed by atoms with van der Waals surface area (Å²) in [4.78, 5) is 12.2. The lowest BCUT2D eigenvalue weighted by Gasteiger charge is -2.15. The summed E-state index contributed by atoms with van der Waals surface area (Å²) in [5.74, 6) is 2.29. The van der Waals surface area contributed by atoms with E-state index in [-0.39, 0.29) is 12.0 Å². The quantitative estimate of drug-likeness (QED) is 0.471. The van der Waals surface area contributed by atoms with Crippen molar-refractivity contribution in [1.29, 1.82) is 0 Å². The monoisotopic (exact) mass is 438 g/mol.